The molecule has 0 saturated carbocycles. The quantitative estimate of drug-likeness (QED) is 0.860. The summed E-state index contributed by atoms with van der Waals surface area (Å²) in [6.07, 6.45) is 0.655. The molecule has 108 valence electrons. The first-order valence-electron chi connectivity index (χ1n) is 6.70. The smallest absolute Gasteiger partial charge is 0.257 e. The molecular weight excluding hydrogens is 263 g/mol. The van der Waals surface area contributed by atoms with E-state index in [1.54, 1.807) is 13.2 Å². The van der Waals surface area contributed by atoms with Crippen molar-refractivity contribution in [1.29, 1.82) is 0 Å². The number of piperidine rings is 1. The lowest BCUT2D eigenvalue weighted by molar-refractivity contribution is -0.123. The summed E-state index contributed by atoms with van der Waals surface area (Å²) in [5.41, 5.74) is 1.27. The van der Waals surface area contributed by atoms with Gasteiger partial charge in [-0.25, -0.2) is 4.39 Å². The molecule has 0 spiro atoms. The summed E-state index contributed by atoms with van der Waals surface area (Å²) in [5, 5.41) is 12.2. The number of nitrogens with one attached hydrogen (secondary N) is 1. The largest absolute Gasteiger partial charge is 0.381 e. The number of fused-ring (bicyclic) bond motifs is 1. The Morgan fingerprint density at radius 3 is 2.75 bits per heavy atom. The van der Waals surface area contributed by atoms with Crippen LogP contribution in [0.4, 0.5) is 15.8 Å². The second-order valence-electron chi connectivity index (χ2n) is 5.20. The van der Waals surface area contributed by atoms with Crippen LogP contribution in [-0.2, 0) is 9.53 Å². The Morgan fingerprint density at radius 2 is 2.10 bits per heavy atom. The summed E-state index contributed by atoms with van der Waals surface area (Å²) in [4.78, 5) is 13.3. The number of anilines is 2. The first-order chi connectivity index (χ1) is 9.60. The van der Waals surface area contributed by atoms with Crippen LogP contribution in [-0.4, -0.2) is 37.3 Å². The monoisotopic (exact) mass is 280 g/mol. The van der Waals surface area contributed by atoms with E-state index >= 15 is 0 Å². The molecule has 3 rings (SSSR count). The molecule has 1 fully saturated rings. The molecule has 0 aromatic heterocycles. The maximum absolute atomic E-state index is 14.2. The molecule has 20 heavy (non-hydrogen) atoms. The van der Waals surface area contributed by atoms with Gasteiger partial charge in [0.15, 0.2) is 6.10 Å². The molecule has 1 unspecified atom stereocenters. The highest BCUT2D eigenvalue weighted by Crippen LogP contribution is 2.36. The minimum atomic E-state index is -1.27. The van der Waals surface area contributed by atoms with E-state index in [9.17, 15) is 14.3 Å². The second-order valence-corrected chi connectivity index (χ2v) is 5.20. The molecule has 2 aliphatic heterocycles. The van der Waals surface area contributed by atoms with E-state index in [1.807, 2.05) is 4.90 Å². The number of halogens is 1. The summed E-state index contributed by atoms with van der Waals surface area (Å²) in [6.45, 7) is 1.43. The molecule has 2 heterocycles. The van der Waals surface area contributed by atoms with E-state index < -0.39 is 17.8 Å². The van der Waals surface area contributed by atoms with Gasteiger partial charge in [-0.3, -0.25) is 4.79 Å². The van der Waals surface area contributed by atoms with Crippen LogP contribution >= 0.6 is 0 Å². The van der Waals surface area contributed by atoms with Gasteiger partial charge in [0.05, 0.1) is 11.8 Å². The van der Waals surface area contributed by atoms with Gasteiger partial charge in [-0.1, -0.05) is 0 Å². The number of methoxy groups -OCH3 is 1. The van der Waals surface area contributed by atoms with E-state index in [0.717, 1.165) is 12.8 Å². The van der Waals surface area contributed by atoms with Crippen LogP contribution in [0.15, 0.2) is 12.1 Å². The second kappa shape index (κ2) is 5.03. The van der Waals surface area contributed by atoms with Gasteiger partial charge in [-0.05, 0) is 25.0 Å². The molecule has 0 bridgehead atoms. The van der Waals surface area contributed by atoms with Crippen molar-refractivity contribution in [1.82, 2.24) is 0 Å². The number of carbonyl (C=O) groups excluding carboxylic acids is 1. The number of aliphatic hydroxyl groups excluding tert-OH is 1. The van der Waals surface area contributed by atoms with Gasteiger partial charge in [-0.2, -0.15) is 0 Å². The number of hydrogen-bond donors (Lipinski definition) is 2. The van der Waals surface area contributed by atoms with Gasteiger partial charge in [-0.15, -0.1) is 0 Å². The molecule has 1 atom stereocenters. The highest BCUT2D eigenvalue weighted by atomic mass is 19.1. The average Bonchev–Trinajstić information content (AvgIpc) is 2.74. The van der Waals surface area contributed by atoms with E-state index in [-0.39, 0.29) is 6.10 Å². The summed E-state index contributed by atoms with van der Waals surface area (Å²) in [6, 6.07) is 2.85. The van der Waals surface area contributed by atoms with Crippen LogP contribution in [0.25, 0.3) is 0 Å². The summed E-state index contributed by atoms with van der Waals surface area (Å²) in [7, 11) is 1.69. The van der Waals surface area contributed by atoms with Crippen molar-refractivity contribution < 1.29 is 19.0 Å². The number of ether oxygens (including phenoxy) is 1. The molecule has 1 aromatic rings. The lowest BCUT2D eigenvalue weighted by Crippen LogP contribution is -2.37. The van der Waals surface area contributed by atoms with Crippen LogP contribution in [0, 0.1) is 5.82 Å². The van der Waals surface area contributed by atoms with Crippen molar-refractivity contribution in [2.24, 2.45) is 0 Å². The van der Waals surface area contributed by atoms with Crippen molar-refractivity contribution in [3.05, 3.63) is 23.5 Å². The van der Waals surface area contributed by atoms with Crippen molar-refractivity contribution in [2.75, 3.05) is 30.4 Å². The molecule has 2 aliphatic rings. The normalized spacial score (nSPS) is 22.9. The predicted molar refractivity (Wildman–Crippen MR) is 72.2 cm³/mol. The number of aliphatic hydroxyl groups is 1. The Bertz CT molecular complexity index is 541. The standard InChI is InChI=1S/C14H17FN2O3/c1-20-8-2-4-17(5-3-8)12-7-11-9(6-10(12)15)13(18)14(19)16-11/h6-8,13,18H,2-5H2,1H3,(H,16,19). The fourth-order valence-corrected chi connectivity index (χ4v) is 2.83. The van der Waals surface area contributed by atoms with Crippen molar-refractivity contribution in [2.45, 2.75) is 25.0 Å². The van der Waals surface area contributed by atoms with Gasteiger partial charge in [0.25, 0.3) is 5.91 Å². The maximum atomic E-state index is 14.2. The lowest BCUT2D eigenvalue weighted by Gasteiger charge is -2.33. The fourth-order valence-electron chi connectivity index (χ4n) is 2.83. The number of carbonyl (C=O) groups is 1. The Balaban J connectivity index is 1.85. The predicted octanol–water partition coefficient (Wildman–Crippen LogP) is 1.43. The topological polar surface area (TPSA) is 61.8 Å². The average molecular weight is 280 g/mol. The zero-order chi connectivity index (χ0) is 14.3. The molecule has 1 aromatic carbocycles. The van der Waals surface area contributed by atoms with Gasteiger partial charge in [0, 0.05) is 31.5 Å². The van der Waals surface area contributed by atoms with Gasteiger partial charge in [0.2, 0.25) is 0 Å². The highest BCUT2D eigenvalue weighted by molar-refractivity contribution is 6.02. The number of amides is 1. The Morgan fingerprint density at radius 1 is 1.40 bits per heavy atom. The third kappa shape index (κ3) is 2.14. The summed E-state index contributed by atoms with van der Waals surface area (Å²) < 4.78 is 19.5. The lowest BCUT2D eigenvalue weighted by atomic mass is 10.0. The minimum absolute atomic E-state index is 0.227. The molecule has 5 nitrogen and oxygen atoms in total. The molecule has 2 N–H and O–H groups in total. The Hall–Kier alpha value is -1.66. The number of nitrogens with zero attached hydrogens (tertiary/aromatic N) is 1. The van der Waals surface area contributed by atoms with Crippen LogP contribution in [0.5, 0.6) is 0 Å². The van der Waals surface area contributed by atoms with Crippen molar-refractivity contribution >= 4 is 17.3 Å². The molecule has 0 radical (unpaired) electrons. The Kier molecular flexibility index (Phi) is 3.35. The minimum Gasteiger partial charge on any atom is -0.381 e. The maximum Gasteiger partial charge on any atom is 0.257 e. The van der Waals surface area contributed by atoms with Crippen LogP contribution in [0.3, 0.4) is 0 Å². The van der Waals surface area contributed by atoms with E-state index in [0.29, 0.717) is 30.0 Å². The third-order valence-electron chi connectivity index (χ3n) is 4.04. The third-order valence-corrected chi connectivity index (χ3v) is 4.04. The van der Waals surface area contributed by atoms with E-state index in [2.05, 4.69) is 5.32 Å². The molecule has 1 amide bonds. The molecule has 6 heteroatoms. The van der Waals surface area contributed by atoms with Crippen molar-refractivity contribution in [3.8, 4) is 0 Å². The zero-order valence-electron chi connectivity index (χ0n) is 11.2. The molecular formula is C14H17FN2O3. The molecule has 1 saturated heterocycles. The van der Waals surface area contributed by atoms with Crippen LogP contribution < -0.4 is 10.2 Å². The van der Waals surface area contributed by atoms with Crippen molar-refractivity contribution in [3.63, 3.8) is 0 Å². The Labute approximate surface area is 116 Å². The summed E-state index contributed by atoms with van der Waals surface area (Å²) >= 11 is 0. The van der Waals surface area contributed by atoms with E-state index in [4.69, 9.17) is 4.74 Å². The van der Waals surface area contributed by atoms with Gasteiger partial charge >= 0.3 is 0 Å². The number of rotatable bonds is 2. The molecule has 0 aliphatic carbocycles. The number of hydrogen-bond acceptors (Lipinski definition) is 4. The fraction of sp³-hybridized carbons (Fsp3) is 0.500. The van der Waals surface area contributed by atoms with Gasteiger partial charge < -0.3 is 20.1 Å². The SMILES string of the molecule is COC1CCN(c2cc3c(cc2F)C(O)C(=O)N3)CC1. The van der Waals surface area contributed by atoms with Crippen LogP contribution in [0.2, 0.25) is 0 Å². The van der Waals surface area contributed by atoms with E-state index in [1.165, 1.54) is 6.07 Å². The first kappa shape index (κ1) is 13.3. The zero-order valence-corrected chi connectivity index (χ0v) is 11.2. The number of benzene rings is 1. The van der Waals surface area contributed by atoms with Gasteiger partial charge in [0.1, 0.15) is 5.82 Å². The summed E-state index contributed by atoms with van der Waals surface area (Å²) in [5.74, 6) is -0.912. The van der Waals surface area contributed by atoms with Crippen LogP contribution in [0.1, 0.15) is 24.5 Å². The highest BCUT2D eigenvalue weighted by Gasteiger charge is 2.31. The first-order valence-corrected chi connectivity index (χ1v) is 6.70.